The van der Waals surface area contributed by atoms with Crippen molar-refractivity contribution in [2.24, 2.45) is 5.16 Å². The van der Waals surface area contributed by atoms with Crippen LogP contribution in [0.4, 0.5) is 26.3 Å². The molecule has 1 rings (SSSR count). The van der Waals surface area contributed by atoms with Gasteiger partial charge < -0.3 is 5.21 Å². The lowest BCUT2D eigenvalue weighted by atomic mass is 10.1. The van der Waals surface area contributed by atoms with E-state index in [9.17, 15) is 26.3 Å². The molecule has 0 fully saturated rings. The molecule has 0 aliphatic rings. The molecule has 0 aliphatic carbocycles. The van der Waals surface area contributed by atoms with Crippen molar-refractivity contribution in [1.29, 1.82) is 0 Å². The van der Waals surface area contributed by atoms with Crippen molar-refractivity contribution >= 4 is 5.71 Å². The molecular weight excluding hydrogens is 252 g/mol. The van der Waals surface area contributed by atoms with Crippen LogP contribution in [0.1, 0.15) is 11.1 Å². The Kier molecular flexibility index (Phi) is 3.35. The van der Waals surface area contributed by atoms with E-state index in [4.69, 9.17) is 5.21 Å². The summed E-state index contributed by atoms with van der Waals surface area (Å²) in [6.07, 6.45) is -9.57. The molecule has 0 unspecified atom stereocenters. The number of hydrogen-bond donors (Lipinski definition) is 1. The second-order valence-electron chi connectivity index (χ2n) is 3.02. The Morgan fingerprint density at radius 1 is 0.941 bits per heavy atom. The molecule has 0 spiro atoms. The maximum Gasteiger partial charge on any atom is 0.437 e. The van der Waals surface area contributed by atoms with Gasteiger partial charge in [0.1, 0.15) is 0 Å². The minimum atomic E-state index is -4.94. The molecule has 0 bridgehead atoms. The lowest BCUT2D eigenvalue weighted by molar-refractivity contribution is -0.137. The Hall–Kier alpha value is -1.73. The average Bonchev–Trinajstić information content (AvgIpc) is 2.16. The zero-order valence-electron chi connectivity index (χ0n) is 7.97. The van der Waals surface area contributed by atoms with Crippen molar-refractivity contribution in [3.05, 3.63) is 35.4 Å². The minimum Gasteiger partial charge on any atom is -0.410 e. The Morgan fingerprint density at radius 2 is 1.41 bits per heavy atom. The highest BCUT2D eigenvalue weighted by atomic mass is 19.4. The average molecular weight is 257 g/mol. The topological polar surface area (TPSA) is 32.6 Å². The van der Waals surface area contributed by atoms with E-state index in [1.54, 1.807) is 0 Å². The van der Waals surface area contributed by atoms with Crippen molar-refractivity contribution in [3.8, 4) is 0 Å². The van der Waals surface area contributed by atoms with Gasteiger partial charge in [0.15, 0.2) is 5.71 Å². The second kappa shape index (κ2) is 4.27. The third-order valence-electron chi connectivity index (χ3n) is 1.85. The Bertz CT molecular complexity index is 417. The van der Waals surface area contributed by atoms with E-state index in [0.717, 1.165) is 0 Å². The highest BCUT2D eigenvalue weighted by molar-refractivity contribution is 6.04. The monoisotopic (exact) mass is 257 g/mol. The van der Waals surface area contributed by atoms with Crippen LogP contribution in [0.15, 0.2) is 29.4 Å². The van der Waals surface area contributed by atoms with Gasteiger partial charge in [-0.15, -0.1) is 0 Å². The molecule has 17 heavy (non-hydrogen) atoms. The van der Waals surface area contributed by atoms with Crippen LogP contribution in [-0.4, -0.2) is 17.1 Å². The molecule has 2 nitrogen and oxygen atoms in total. The number of halogens is 6. The standard InChI is InChI=1S/C9H5F6NO/c10-8(11,12)6-3-1-5(2-4-6)7(16-17)9(13,14)15/h1-4,17H/b16-7-. The molecule has 0 atom stereocenters. The third-order valence-corrected chi connectivity index (χ3v) is 1.85. The van der Waals surface area contributed by atoms with Crippen LogP contribution in [0.25, 0.3) is 0 Å². The Balaban J connectivity index is 3.11. The smallest absolute Gasteiger partial charge is 0.410 e. The van der Waals surface area contributed by atoms with Crippen molar-refractivity contribution in [2.45, 2.75) is 12.4 Å². The molecule has 1 aromatic rings. The molecule has 0 saturated heterocycles. The number of hydrogen-bond acceptors (Lipinski definition) is 2. The summed E-state index contributed by atoms with van der Waals surface area (Å²) in [6.45, 7) is 0. The first-order valence-corrected chi connectivity index (χ1v) is 4.13. The summed E-state index contributed by atoms with van der Waals surface area (Å²) in [5, 5.41) is 10.2. The fourth-order valence-corrected chi connectivity index (χ4v) is 1.10. The summed E-state index contributed by atoms with van der Waals surface area (Å²) in [7, 11) is 0. The van der Waals surface area contributed by atoms with Gasteiger partial charge in [-0.05, 0) is 12.1 Å². The number of rotatable bonds is 1. The van der Waals surface area contributed by atoms with Gasteiger partial charge in [-0.1, -0.05) is 17.3 Å². The van der Waals surface area contributed by atoms with Gasteiger partial charge in [-0.25, -0.2) is 0 Å². The van der Waals surface area contributed by atoms with E-state index in [1.165, 1.54) is 0 Å². The van der Waals surface area contributed by atoms with E-state index in [0.29, 0.717) is 24.3 Å². The number of oxime groups is 1. The van der Waals surface area contributed by atoms with Gasteiger partial charge in [0.05, 0.1) is 5.56 Å². The van der Waals surface area contributed by atoms with Crippen LogP contribution in [-0.2, 0) is 6.18 Å². The van der Waals surface area contributed by atoms with Gasteiger partial charge in [0.25, 0.3) is 0 Å². The lowest BCUT2D eigenvalue weighted by Crippen LogP contribution is -2.24. The lowest BCUT2D eigenvalue weighted by Gasteiger charge is -2.10. The SMILES string of the molecule is O/N=C(/c1ccc(C(F)(F)F)cc1)C(F)(F)F. The fourth-order valence-electron chi connectivity index (χ4n) is 1.10. The van der Waals surface area contributed by atoms with E-state index in [-0.39, 0.29) is 0 Å². The minimum absolute atomic E-state index is 0.478. The Labute approximate surface area is 91.2 Å². The molecule has 1 N–H and O–H groups in total. The van der Waals surface area contributed by atoms with Crippen LogP contribution in [0, 0.1) is 0 Å². The number of alkyl halides is 6. The van der Waals surface area contributed by atoms with Crippen molar-refractivity contribution in [2.75, 3.05) is 0 Å². The largest absolute Gasteiger partial charge is 0.437 e. The van der Waals surface area contributed by atoms with Gasteiger partial charge >= 0.3 is 12.4 Å². The van der Waals surface area contributed by atoms with Crippen molar-refractivity contribution in [3.63, 3.8) is 0 Å². The predicted octanol–water partition coefficient (Wildman–Crippen LogP) is 3.45. The molecule has 0 saturated carbocycles. The van der Waals surface area contributed by atoms with Crippen LogP contribution in [0.5, 0.6) is 0 Å². The summed E-state index contributed by atoms with van der Waals surface area (Å²) >= 11 is 0. The van der Waals surface area contributed by atoms with Crippen LogP contribution < -0.4 is 0 Å². The Morgan fingerprint density at radius 3 is 1.71 bits per heavy atom. The molecule has 0 aromatic heterocycles. The van der Waals surface area contributed by atoms with Crippen molar-refractivity contribution < 1.29 is 31.5 Å². The zero-order valence-corrected chi connectivity index (χ0v) is 7.97. The van der Waals surface area contributed by atoms with E-state index in [1.807, 2.05) is 5.16 Å². The molecule has 0 amide bonds. The van der Waals surface area contributed by atoms with E-state index in [2.05, 4.69) is 0 Å². The predicted molar refractivity (Wildman–Crippen MR) is 45.8 cm³/mol. The maximum atomic E-state index is 12.2. The normalized spacial score (nSPS) is 13.9. The first-order chi connectivity index (χ1) is 7.66. The zero-order chi connectivity index (χ0) is 13.3. The second-order valence-corrected chi connectivity index (χ2v) is 3.02. The summed E-state index contributed by atoms with van der Waals surface area (Å²) in [4.78, 5) is 0. The van der Waals surface area contributed by atoms with Gasteiger partial charge in [0, 0.05) is 5.56 Å². The molecule has 0 radical (unpaired) electrons. The molecule has 1 aromatic carbocycles. The molecule has 0 aliphatic heterocycles. The number of nitrogens with zero attached hydrogens (tertiary/aromatic N) is 1. The van der Waals surface area contributed by atoms with Crippen LogP contribution in [0.3, 0.4) is 0 Å². The van der Waals surface area contributed by atoms with Gasteiger partial charge in [-0.3, -0.25) is 0 Å². The van der Waals surface area contributed by atoms with E-state index < -0.39 is 29.2 Å². The summed E-state index contributed by atoms with van der Waals surface area (Å²) in [6, 6.07) is 2.13. The molecular formula is C9H5F6NO. The van der Waals surface area contributed by atoms with Crippen LogP contribution in [0.2, 0.25) is 0 Å². The molecule has 0 heterocycles. The van der Waals surface area contributed by atoms with Gasteiger partial charge in [-0.2, -0.15) is 26.3 Å². The van der Waals surface area contributed by atoms with Gasteiger partial charge in [0.2, 0.25) is 0 Å². The highest BCUT2D eigenvalue weighted by Gasteiger charge is 2.38. The summed E-state index contributed by atoms with van der Waals surface area (Å²) in [5.74, 6) is 0. The molecule has 8 heteroatoms. The maximum absolute atomic E-state index is 12.2. The number of benzene rings is 1. The molecule has 94 valence electrons. The first kappa shape index (κ1) is 13.3. The highest BCUT2D eigenvalue weighted by Crippen LogP contribution is 2.30. The summed E-state index contributed by atoms with van der Waals surface area (Å²) < 4.78 is 73.1. The fraction of sp³-hybridized carbons (Fsp3) is 0.222. The van der Waals surface area contributed by atoms with Crippen LogP contribution >= 0.6 is 0 Å². The summed E-state index contributed by atoms with van der Waals surface area (Å²) in [5.41, 5.74) is -3.38. The first-order valence-electron chi connectivity index (χ1n) is 4.13. The third kappa shape index (κ3) is 3.11. The van der Waals surface area contributed by atoms with Crippen molar-refractivity contribution in [1.82, 2.24) is 0 Å². The quantitative estimate of drug-likeness (QED) is 0.355. The van der Waals surface area contributed by atoms with E-state index >= 15 is 0 Å².